The zero-order valence-corrected chi connectivity index (χ0v) is 10.8. The molecule has 2 aromatic rings. The van der Waals surface area contributed by atoms with Gasteiger partial charge in [-0.3, -0.25) is 4.79 Å². The zero-order valence-electron chi connectivity index (χ0n) is 9.20. The lowest BCUT2D eigenvalue weighted by molar-refractivity contribution is 0.102. The number of carbonyl (C=O) groups excluding carboxylic acids is 1. The van der Waals surface area contributed by atoms with Gasteiger partial charge in [0.05, 0.1) is 4.90 Å². The van der Waals surface area contributed by atoms with Gasteiger partial charge in [0.25, 0.3) is 5.91 Å². The number of hydrogen-bond donors (Lipinski definition) is 2. The molecule has 2 rings (SSSR count). The van der Waals surface area contributed by atoms with Crippen molar-refractivity contribution in [3.05, 3.63) is 35.1 Å². The molecule has 1 heterocycles. The van der Waals surface area contributed by atoms with Crippen LogP contribution in [0.5, 0.6) is 0 Å². The van der Waals surface area contributed by atoms with Crippen LogP contribution < -0.4 is 10.5 Å². The lowest BCUT2D eigenvalue weighted by Crippen LogP contribution is -2.15. The molecule has 0 fully saturated rings. The molecule has 0 aliphatic carbocycles. The largest absolute Gasteiger partial charge is 0.320 e. The Morgan fingerprint density at radius 1 is 1.37 bits per heavy atom. The molecule has 0 radical (unpaired) electrons. The molecule has 0 spiro atoms. The Kier molecular flexibility index (Phi) is 3.55. The van der Waals surface area contributed by atoms with Gasteiger partial charge in [0.1, 0.15) is 5.82 Å². The Morgan fingerprint density at radius 3 is 2.68 bits per heavy atom. The van der Waals surface area contributed by atoms with Crippen molar-refractivity contribution in [2.24, 2.45) is 5.14 Å². The van der Waals surface area contributed by atoms with Gasteiger partial charge in [-0.15, -0.1) is 5.10 Å². The van der Waals surface area contributed by atoms with Crippen LogP contribution in [0.25, 0.3) is 0 Å². The number of nitrogens with one attached hydrogen (secondary N) is 1. The smallest absolute Gasteiger partial charge is 0.277 e. The SMILES string of the molecule is NS(=O)(=O)c1cc(F)cc(NC(=O)c2csnn2)c1. The van der Waals surface area contributed by atoms with Crippen molar-refractivity contribution < 1.29 is 17.6 Å². The predicted molar refractivity (Wildman–Crippen MR) is 65.6 cm³/mol. The van der Waals surface area contributed by atoms with Crippen molar-refractivity contribution in [3.8, 4) is 0 Å². The Morgan fingerprint density at radius 2 is 2.11 bits per heavy atom. The quantitative estimate of drug-likeness (QED) is 0.860. The fourth-order valence-electron chi connectivity index (χ4n) is 1.26. The second kappa shape index (κ2) is 4.99. The molecule has 0 atom stereocenters. The summed E-state index contributed by atoms with van der Waals surface area (Å²) in [6.07, 6.45) is 0. The number of amides is 1. The monoisotopic (exact) mass is 302 g/mol. The van der Waals surface area contributed by atoms with E-state index in [9.17, 15) is 17.6 Å². The van der Waals surface area contributed by atoms with Crippen LogP contribution >= 0.6 is 11.5 Å². The summed E-state index contributed by atoms with van der Waals surface area (Å²) in [7, 11) is -4.05. The number of halogens is 1. The molecule has 19 heavy (non-hydrogen) atoms. The molecule has 7 nitrogen and oxygen atoms in total. The van der Waals surface area contributed by atoms with Gasteiger partial charge in [0, 0.05) is 11.1 Å². The van der Waals surface area contributed by atoms with Crippen LogP contribution in [0.1, 0.15) is 10.5 Å². The fourth-order valence-corrected chi connectivity index (χ4v) is 2.26. The zero-order chi connectivity index (χ0) is 14.0. The summed E-state index contributed by atoms with van der Waals surface area (Å²) >= 11 is 0.977. The van der Waals surface area contributed by atoms with E-state index in [1.165, 1.54) is 5.38 Å². The molecule has 1 aromatic heterocycles. The average molecular weight is 302 g/mol. The highest BCUT2D eigenvalue weighted by Crippen LogP contribution is 2.17. The molecular formula is C9H7FN4O3S2. The maximum atomic E-state index is 13.3. The summed E-state index contributed by atoms with van der Waals surface area (Å²) in [6.45, 7) is 0. The van der Waals surface area contributed by atoms with E-state index in [1.807, 2.05) is 0 Å². The number of rotatable bonds is 3. The predicted octanol–water partition coefficient (Wildman–Crippen LogP) is 0.577. The number of carbonyl (C=O) groups is 1. The van der Waals surface area contributed by atoms with Gasteiger partial charge in [0.2, 0.25) is 10.0 Å². The van der Waals surface area contributed by atoms with Crippen molar-refractivity contribution in [1.29, 1.82) is 0 Å². The molecule has 1 aromatic carbocycles. The van der Waals surface area contributed by atoms with Gasteiger partial charge >= 0.3 is 0 Å². The Balaban J connectivity index is 2.31. The van der Waals surface area contributed by atoms with E-state index in [1.54, 1.807) is 0 Å². The van der Waals surface area contributed by atoms with Crippen molar-refractivity contribution in [2.45, 2.75) is 4.90 Å². The Bertz CT molecular complexity index is 715. The number of aromatic nitrogens is 2. The molecule has 10 heteroatoms. The van der Waals surface area contributed by atoms with Crippen molar-refractivity contribution in [1.82, 2.24) is 9.59 Å². The summed E-state index contributed by atoms with van der Waals surface area (Å²) in [5.74, 6) is -1.46. The van der Waals surface area contributed by atoms with Crippen molar-refractivity contribution in [2.75, 3.05) is 5.32 Å². The highest BCUT2D eigenvalue weighted by molar-refractivity contribution is 7.89. The summed E-state index contributed by atoms with van der Waals surface area (Å²) in [6, 6.07) is 2.78. The van der Waals surface area contributed by atoms with E-state index in [2.05, 4.69) is 14.9 Å². The third kappa shape index (κ3) is 3.30. The molecule has 3 N–H and O–H groups in total. The molecule has 0 unspecified atom stereocenters. The number of anilines is 1. The molecule has 100 valence electrons. The molecule has 0 saturated heterocycles. The molecular weight excluding hydrogens is 295 g/mol. The second-order valence-electron chi connectivity index (χ2n) is 3.46. The van der Waals surface area contributed by atoms with Crippen LogP contribution in [-0.4, -0.2) is 23.9 Å². The average Bonchev–Trinajstić information content (AvgIpc) is 2.80. The minimum atomic E-state index is -4.05. The highest BCUT2D eigenvalue weighted by atomic mass is 32.2. The van der Waals surface area contributed by atoms with Gasteiger partial charge in [-0.1, -0.05) is 4.49 Å². The number of nitrogens with two attached hydrogens (primary N) is 1. The van der Waals surface area contributed by atoms with Crippen LogP contribution in [0, 0.1) is 5.82 Å². The minimum Gasteiger partial charge on any atom is -0.320 e. The highest BCUT2D eigenvalue weighted by Gasteiger charge is 2.14. The maximum absolute atomic E-state index is 13.3. The van der Waals surface area contributed by atoms with E-state index in [0.717, 1.165) is 29.7 Å². The first-order valence-electron chi connectivity index (χ1n) is 4.78. The summed E-state index contributed by atoms with van der Waals surface area (Å²) < 4.78 is 39.0. The van der Waals surface area contributed by atoms with Crippen LogP contribution in [-0.2, 0) is 10.0 Å². The van der Waals surface area contributed by atoms with Gasteiger partial charge in [-0.25, -0.2) is 17.9 Å². The van der Waals surface area contributed by atoms with Crippen molar-refractivity contribution >= 4 is 33.2 Å². The summed E-state index contributed by atoms with van der Waals surface area (Å²) in [4.78, 5) is 11.2. The lowest BCUT2D eigenvalue weighted by atomic mass is 10.3. The second-order valence-corrected chi connectivity index (χ2v) is 5.64. The van der Waals surface area contributed by atoms with E-state index >= 15 is 0 Å². The van der Waals surface area contributed by atoms with Crippen LogP contribution in [0.3, 0.4) is 0 Å². The molecule has 1 amide bonds. The van der Waals surface area contributed by atoms with E-state index in [4.69, 9.17) is 5.14 Å². The molecule has 0 aliphatic heterocycles. The maximum Gasteiger partial charge on any atom is 0.277 e. The molecule has 0 bridgehead atoms. The lowest BCUT2D eigenvalue weighted by Gasteiger charge is -2.05. The van der Waals surface area contributed by atoms with Crippen LogP contribution in [0.15, 0.2) is 28.5 Å². The fraction of sp³-hybridized carbons (Fsp3) is 0. The number of nitrogens with zero attached hydrogens (tertiary/aromatic N) is 2. The third-order valence-corrected chi connectivity index (χ3v) is 3.45. The van der Waals surface area contributed by atoms with Gasteiger partial charge in [-0.2, -0.15) is 0 Å². The first kappa shape index (κ1) is 13.5. The number of primary sulfonamides is 1. The molecule has 0 saturated carbocycles. The first-order chi connectivity index (χ1) is 8.86. The topological polar surface area (TPSA) is 115 Å². The van der Waals surface area contributed by atoms with Gasteiger partial charge < -0.3 is 5.32 Å². The number of benzene rings is 1. The number of sulfonamides is 1. The standard InChI is InChI=1S/C9H7FN4O3S2/c10-5-1-6(3-7(2-5)19(11,16)17)12-9(15)8-4-18-14-13-8/h1-4H,(H,12,15)(H2,11,16,17). The van der Waals surface area contributed by atoms with Crippen LogP contribution in [0.4, 0.5) is 10.1 Å². The van der Waals surface area contributed by atoms with E-state index in [-0.39, 0.29) is 11.4 Å². The first-order valence-corrected chi connectivity index (χ1v) is 7.16. The Labute approximate surface area is 111 Å². The molecule has 0 aliphatic rings. The number of hydrogen-bond acceptors (Lipinski definition) is 6. The third-order valence-electron chi connectivity index (χ3n) is 2.05. The Hall–Kier alpha value is -1.91. The normalized spacial score (nSPS) is 11.3. The summed E-state index contributed by atoms with van der Waals surface area (Å²) in [5, 5.41) is 12.1. The van der Waals surface area contributed by atoms with Crippen molar-refractivity contribution in [3.63, 3.8) is 0 Å². The van der Waals surface area contributed by atoms with Crippen LogP contribution in [0.2, 0.25) is 0 Å². The van der Waals surface area contributed by atoms with E-state index in [0.29, 0.717) is 0 Å². The minimum absolute atomic E-state index is 0.0398. The van der Waals surface area contributed by atoms with Gasteiger partial charge in [0.15, 0.2) is 5.69 Å². The van der Waals surface area contributed by atoms with E-state index < -0.39 is 26.6 Å². The van der Waals surface area contributed by atoms with Gasteiger partial charge in [-0.05, 0) is 29.7 Å². The summed E-state index contributed by atoms with van der Waals surface area (Å²) in [5.41, 5.74) is 0.00782.